The van der Waals surface area contributed by atoms with Gasteiger partial charge in [0, 0.05) is 5.56 Å². The Balaban J connectivity index is 3.02. The van der Waals surface area contributed by atoms with Crippen LogP contribution in [0.5, 0.6) is 0 Å². The zero-order valence-electron chi connectivity index (χ0n) is 6.67. The molecule has 0 unspecified atom stereocenters. The molecule has 1 aromatic carbocycles. The molecule has 3 heteroatoms. The second-order valence-corrected chi connectivity index (χ2v) is 2.47. The Bertz CT molecular complexity index is 298. The number of hydrogen-bond acceptors (Lipinski definition) is 1. The molecule has 2 N–H and O–H groups in total. The number of carbonyl (C=O) groups is 1. The minimum Gasteiger partial charge on any atom is -0.369 e. The first-order valence-electron chi connectivity index (χ1n) is 3.51. The van der Waals surface area contributed by atoms with Gasteiger partial charge in [-0.3, -0.25) is 4.79 Å². The third-order valence-electron chi connectivity index (χ3n) is 1.65. The Morgan fingerprint density at radius 2 is 2.00 bits per heavy atom. The summed E-state index contributed by atoms with van der Waals surface area (Å²) in [5.41, 5.74) is 5.26. The van der Waals surface area contributed by atoms with E-state index in [1.807, 2.05) is 0 Å². The predicted molar refractivity (Wildman–Crippen MR) is 43.6 cm³/mol. The molecule has 0 fully saturated rings. The van der Waals surface area contributed by atoms with Crippen LogP contribution in [0.15, 0.2) is 24.3 Å². The lowest BCUT2D eigenvalue weighted by atomic mass is 10.0. The van der Waals surface area contributed by atoms with Gasteiger partial charge in [-0.15, -0.1) is 0 Å². The van der Waals surface area contributed by atoms with Crippen LogP contribution in [0.2, 0.25) is 0 Å². The van der Waals surface area contributed by atoms with Gasteiger partial charge in [0.2, 0.25) is 5.91 Å². The summed E-state index contributed by atoms with van der Waals surface area (Å²) in [5.74, 6) is -0.776. The highest BCUT2D eigenvalue weighted by molar-refractivity contribution is 5.92. The molecular formula is C9H9FNO. The van der Waals surface area contributed by atoms with E-state index in [-0.39, 0.29) is 11.5 Å². The fourth-order valence-electron chi connectivity index (χ4n) is 0.898. The monoisotopic (exact) mass is 166 g/mol. The van der Waals surface area contributed by atoms with Gasteiger partial charge >= 0.3 is 0 Å². The molecule has 1 aromatic rings. The lowest BCUT2D eigenvalue weighted by Crippen LogP contribution is -2.20. The second kappa shape index (κ2) is 3.34. The van der Waals surface area contributed by atoms with Crippen molar-refractivity contribution in [3.05, 3.63) is 41.6 Å². The van der Waals surface area contributed by atoms with Gasteiger partial charge in [-0.05, 0) is 13.0 Å². The highest BCUT2D eigenvalue weighted by Crippen LogP contribution is 2.16. The van der Waals surface area contributed by atoms with Crippen LogP contribution < -0.4 is 5.73 Å². The van der Waals surface area contributed by atoms with E-state index in [1.165, 1.54) is 19.1 Å². The van der Waals surface area contributed by atoms with E-state index >= 15 is 0 Å². The number of rotatable bonds is 2. The summed E-state index contributed by atoms with van der Waals surface area (Å²) < 4.78 is 13.0. The molecule has 1 rings (SSSR count). The van der Waals surface area contributed by atoms with Gasteiger partial charge in [-0.1, -0.05) is 18.2 Å². The van der Waals surface area contributed by atoms with Crippen molar-refractivity contribution in [2.24, 2.45) is 5.73 Å². The van der Waals surface area contributed by atoms with Crippen LogP contribution in [-0.2, 0) is 4.79 Å². The molecule has 0 aliphatic carbocycles. The third kappa shape index (κ3) is 1.61. The molecular weight excluding hydrogens is 157 g/mol. The average Bonchev–Trinajstić information content (AvgIpc) is 2.04. The van der Waals surface area contributed by atoms with E-state index in [2.05, 4.69) is 0 Å². The Kier molecular flexibility index (Phi) is 2.43. The Morgan fingerprint density at radius 3 is 2.50 bits per heavy atom. The molecule has 0 aliphatic heterocycles. The van der Waals surface area contributed by atoms with Gasteiger partial charge < -0.3 is 5.73 Å². The lowest BCUT2D eigenvalue weighted by Gasteiger charge is -2.06. The van der Waals surface area contributed by atoms with E-state index in [0.29, 0.717) is 0 Å². The van der Waals surface area contributed by atoms with Gasteiger partial charge in [0.05, 0.1) is 5.92 Å². The second-order valence-electron chi connectivity index (χ2n) is 2.47. The first kappa shape index (κ1) is 8.71. The number of nitrogens with two attached hydrogens (primary N) is 1. The van der Waals surface area contributed by atoms with Gasteiger partial charge in [0.25, 0.3) is 0 Å². The fourth-order valence-corrected chi connectivity index (χ4v) is 0.898. The lowest BCUT2D eigenvalue weighted by molar-refractivity contribution is -0.115. The van der Waals surface area contributed by atoms with Crippen molar-refractivity contribution in [1.82, 2.24) is 0 Å². The van der Waals surface area contributed by atoms with Gasteiger partial charge in [0.1, 0.15) is 5.82 Å². The number of halogens is 1. The van der Waals surface area contributed by atoms with Crippen molar-refractivity contribution in [2.45, 2.75) is 6.92 Å². The molecule has 12 heavy (non-hydrogen) atoms. The minimum atomic E-state index is -0.597. The summed E-state index contributed by atoms with van der Waals surface area (Å²) in [6.45, 7) is 1.50. The summed E-state index contributed by atoms with van der Waals surface area (Å²) in [4.78, 5) is 10.7. The van der Waals surface area contributed by atoms with E-state index in [4.69, 9.17) is 5.73 Å². The van der Waals surface area contributed by atoms with Crippen LogP contribution >= 0.6 is 0 Å². The van der Waals surface area contributed by atoms with Crippen molar-refractivity contribution < 1.29 is 9.18 Å². The van der Waals surface area contributed by atoms with Crippen LogP contribution in [0, 0.1) is 11.7 Å². The number of hydrogen-bond donors (Lipinski definition) is 1. The van der Waals surface area contributed by atoms with E-state index < -0.39 is 11.7 Å². The van der Waals surface area contributed by atoms with Crippen molar-refractivity contribution in [3.8, 4) is 0 Å². The number of primary amides is 1. The predicted octanol–water partition coefficient (Wildman–Crippen LogP) is 1.25. The molecule has 0 atom stereocenters. The molecule has 0 saturated carbocycles. The molecule has 0 aliphatic rings. The van der Waals surface area contributed by atoms with Crippen molar-refractivity contribution in [1.29, 1.82) is 0 Å². The minimum absolute atomic E-state index is 0.244. The summed E-state index contributed by atoms with van der Waals surface area (Å²) in [6, 6.07) is 6.04. The Hall–Kier alpha value is -1.38. The molecule has 63 valence electrons. The topological polar surface area (TPSA) is 43.1 Å². The first-order chi connectivity index (χ1) is 5.63. The average molecular weight is 166 g/mol. The molecule has 1 amide bonds. The van der Waals surface area contributed by atoms with Crippen molar-refractivity contribution in [2.75, 3.05) is 0 Å². The van der Waals surface area contributed by atoms with Crippen LogP contribution in [0.4, 0.5) is 4.39 Å². The fraction of sp³-hybridized carbons (Fsp3) is 0.111. The highest BCUT2D eigenvalue weighted by atomic mass is 19.1. The maximum atomic E-state index is 13.0. The first-order valence-corrected chi connectivity index (χ1v) is 3.51. The van der Waals surface area contributed by atoms with Crippen LogP contribution in [-0.4, -0.2) is 5.91 Å². The summed E-state index contributed by atoms with van der Waals surface area (Å²) in [6.07, 6.45) is 0. The molecule has 1 radical (unpaired) electrons. The van der Waals surface area contributed by atoms with Crippen LogP contribution in [0.1, 0.15) is 12.5 Å². The number of carbonyl (C=O) groups excluding carboxylic acids is 1. The quantitative estimate of drug-likeness (QED) is 0.706. The zero-order chi connectivity index (χ0) is 9.14. The van der Waals surface area contributed by atoms with E-state index in [0.717, 1.165) is 0 Å². The van der Waals surface area contributed by atoms with Crippen LogP contribution in [0.25, 0.3) is 0 Å². The normalized spacial score (nSPS) is 10.2. The van der Waals surface area contributed by atoms with Crippen LogP contribution in [0.3, 0.4) is 0 Å². The zero-order valence-corrected chi connectivity index (χ0v) is 6.67. The SMILES string of the molecule is C[C](C(N)=O)c1ccccc1F. The maximum absolute atomic E-state index is 13.0. The summed E-state index contributed by atoms with van der Waals surface area (Å²) in [7, 11) is 0. The van der Waals surface area contributed by atoms with Crippen molar-refractivity contribution in [3.63, 3.8) is 0 Å². The third-order valence-corrected chi connectivity index (χ3v) is 1.65. The molecule has 0 bridgehead atoms. The van der Waals surface area contributed by atoms with Gasteiger partial charge in [-0.25, -0.2) is 4.39 Å². The Morgan fingerprint density at radius 1 is 1.42 bits per heavy atom. The summed E-state index contributed by atoms with van der Waals surface area (Å²) in [5, 5.41) is 0. The van der Waals surface area contributed by atoms with Crippen molar-refractivity contribution >= 4 is 5.91 Å². The van der Waals surface area contributed by atoms with E-state index in [1.54, 1.807) is 12.1 Å². The molecule has 0 aromatic heterocycles. The molecule has 0 spiro atoms. The maximum Gasteiger partial charge on any atom is 0.229 e. The smallest absolute Gasteiger partial charge is 0.229 e. The molecule has 2 nitrogen and oxygen atoms in total. The highest BCUT2D eigenvalue weighted by Gasteiger charge is 2.15. The summed E-state index contributed by atoms with van der Waals surface area (Å²) >= 11 is 0. The standard InChI is InChI=1S/C9H9FNO/c1-6(9(11)12)7-4-2-3-5-8(7)10/h2-5H,1H3,(H2,11,12). The molecule has 0 saturated heterocycles. The van der Waals surface area contributed by atoms with E-state index in [9.17, 15) is 9.18 Å². The van der Waals surface area contributed by atoms with Gasteiger partial charge in [0.15, 0.2) is 0 Å². The Labute approximate surface area is 70.2 Å². The number of benzene rings is 1. The number of amides is 1. The molecule has 0 heterocycles. The largest absolute Gasteiger partial charge is 0.369 e. The van der Waals surface area contributed by atoms with Gasteiger partial charge in [-0.2, -0.15) is 0 Å².